The molecule has 0 radical (unpaired) electrons. The van der Waals surface area contributed by atoms with Crippen LogP contribution in [0.3, 0.4) is 0 Å². The summed E-state index contributed by atoms with van der Waals surface area (Å²) in [6.07, 6.45) is 7.28. The highest BCUT2D eigenvalue weighted by Gasteiger charge is 2.43. The Morgan fingerprint density at radius 3 is 2.09 bits per heavy atom. The number of esters is 1. The van der Waals surface area contributed by atoms with Crippen molar-refractivity contribution in [2.24, 2.45) is 0 Å². The van der Waals surface area contributed by atoms with Gasteiger partial charge in [-0.05, 0) is 83.3 Å². The molecule has 1 aliphatic heterocycles. The quantitative estimate of drug-likeness (QED) is 0.416. The van der Waals surface area contributed by atoms with E-state index >= 15 is 0 Å². The van der Waals surface area contributed by atoms with Crippen LogP contribution in [0, 0.1) is 0 Å². The van der Waals surface area contributed by atoms with E-state index in [4.69, 9.17) is 4.74 Å². The largest absolute Gasteiger partial charge is 0.463 e. The maximum Gasteiger partial charge on any atom is 0.340 e. The molecular weight excluding hydrogens is 446 g/mol. The van der Waals surface area contributed by atoms with Gasteiger partial charge in [0.1, 0.15) is 0 Å². The summed E-state index contributed by atoms with van der Waals surface area (Å²) in [6, 6.07) is 12.1. The van der Waals surface area contributed by atoms with E-state index in [9.17, 15) is 13.2 Å². The zero-order chi connectivity index (χ0) is 24.8. The molecular formula is C28H35NO4S. The number of carbonyl (C=O) groups is 1. The van der Waals surface area contributed by atoms with Crippen molar-refractivity contribution in [3.63, 3.8) is 0 Å². The van der Waals surface area contributed by atoms with Crippen LogP contribution in [-0.2, 0) is 35.7 Å². The summed E-state index contributed by atoms with van der Waals surface area (Å²) in [5.74, 6) is -0.376. The average Bonchev–Trinajstić information content (AvgIpc) is 2.77. The third-order valence-electron chi connectivity index (χ3n) is 7.45. The molecule has 5 nitrogen and oxygen atoms in total. The number of ether oxygens (including phenoxy) is 1. The fourth-order valence-corrected chi connectivity index (χ4v) is 6.15. The van der Waals surface area contributed by atoms with Gasteiger partial charge in [-0.3, -0.25) is 0 Å². The lowest BCUT2D eigenvalue weighted by molar-refractivity contribution is -0.150. The van der Waals surface area contributed by atoms with E-state index in [1.54, 1.807) is 42.6 Å². The third kappa shape index (κ3) is 4.06. The SMILES string of the molecule is CCCCOC(=O)C1(c2ccc(S(=O)(=O)c3ccc4c(c3)C(C)(C)CCC4(C)C)cc2)C=CN1. The summed E-state index contributed by atoms with van der Waals surface area (Å²) >= 11 is 0. The van der Waals surface area contributed by atoms with E-state index < -0.39 is 15.4 Å². The second-order valence-corrected chi connectivity index (χ2v) is 12.7. The first-order valence-corrected chi connectivity index (χ1v) is 13.6. The first-order valence-electron chi connectivity index (χ1n) is 12.1. The molecule has 0 fully saturated rings. The Hall–Kier alpha value is -2.60. The minimum atomic E-state index is -3.70. The molecule has 0 saturated carbocycles. The van der Waals surface area contributed by atoms with Crippen molar-refractivity contribution in [1.82, 2.24) is 5.32 Å². The fraction of sp³-hybridized carbons (Fsp3) is 0.464. The molecule has 0 aromatic heterocycles. The zero-order valence-corrected chi connectivity index (χ0v) is 21.6. The first-order chi connectivity index (χ1) is 15.9. The Bertz CT molecular complexity index is 1230. The van der Waals surface area contributed by atoms with Gasteiger partial charge < -0.3 is 10.1 Å². The molecule has 1 atom stereocenters. The van der Waals surface area contributed by atoms with Gasteiger partial charge in [0.25, 0.3) is 0 Å². The van der Waals surface area contributed by atoms with Crippen LogP contribution in [0.5, 0.6) is 0 Å². The van der Waals surface area contributed by atoms with Crippen molar-refractivity contribution >= 4 is 15.8 Å². The summed E-state index contributed by atoms with van der Waals surface area (Å²) in [7, 11) is -3.70. The van der Waals surface area contributed by atoms with E-state index in [0.717, 1.165) is 31.2 Å². The van der Waals surface area contributed by atoms with Gasteiger partial charge in [-0.1, -0.05) is 59.2 Å². The van der Waals surface area contributed by atoms with Crippen molar-refractivity contribution in [3.8, 4) is 0 Å². The van der Waals surface area contributed by atoms with Gasteiger partial charge in [0.05, 0.1) is 16.4 Å². The van der Waals surface area contributed by atoms with E-state index in [2.05, 4.69) is 33.0 Å². The number of carbonyl (C=O) groups excluding carboxylic acids is 1. The molecule has 6 heteroatoms. The van der Waals surface area contributed by atoms with Gasteiger partial charge in [0.2, 0.25) is 9.84 Å². The molecule has 0 spiro atoms. The van der Waals surface area contributed by atoms with E-state index in [1.165, 1.54) is 5.56 Å². The average molecular weight is 482 g/mol. The first kappa shape index (κ1) is 24.5. The van der Waals surface area contributed by atoms with Gasteiger partial charge in [-0.2, -0.15) is 0 Å². The summed E-state index contributed by atoms with van der Waals surface area (Å²) in [4.78, 5) is 13.2. The van der Waals surface area contributed by atoms with Gasteiger partial charge in [-0.15, -0.1) is 0 Å². The van der Waals surface area contributed by atoms with Crippen LogP contribution < -0.4 is 5.32 Å². The smallest absolute Gasteiger partial charge is 0.340 e. The minimum Gasteiger partial charge on any atom is -0.463 e. The van der Waals surface area contributed by atoms with Gasteiger partial charge in [-0.25, -0.2) is 13.2 Å². The number of sulfone groups is 1. The van der Waals surface area contributed by atoms with E-state index in [-0.39, 0.29) is 21.7 Å². The van der Waals surface area contributed by atoms with Crippen LogP contribution in [0.25, 0.3) is 0 Å². The molecule has 1 aliphatic carbocycles. The topological polar surface area (TPSA) is 72.5 Å². The number of unbranched alkanes of at least 4 members (excludes halogenated alkanes) is 1. The summed E-state index contributed by atoms with van der Waals surface area (Å²) < 4.78 is 32.5. The van der Waals surface area contributed by atoms with Gasteiger partial charge in [0.15, 0.2) is 5.54 Å². The van der Waals surface area contributed by atoms with Crippen LogP contribution in [-0.4, -0.2) is 21.0 Å². The molecule has 1 N–H and O–H groups in total. The second-order valence-electron chi connectivity index (χ2n) is 10.8. The van der Waals surface area contributed by atoms with Gasteiger partial charge in [0, 0.05) is 0 Å². The van der Waals surface area contributed by atoms with Crippen molar-refractivity contribution in [3.05, 3.63) is 71.4 Å². The molecule has 0 saturated heterocycles. The fourth-order valence-electron chi connectivity index (χ4n) is 4.87. The van der Waals surface area contributed by atoms with Crippen LogP contribution in [0.15, 0.2) is 64.5 Å². The summed E-state index contributed by atoms with van der Waals surface area (Å²) in [5, 5.41) is 3.04. The Morgan fingerprint density at radius 2 is 1.53 bits per heavy atom. The monoisotopic (exact) mass is 481 g/mol. The van der Waals surface area contributed by atoms with Crippen LogP contribution in [0.1, 0.15) is 77.0 Å². The molecule has 34 heavy (non-hydrogen) atoms. The number of fused-ring (bicyclic) bond motifs is 1. The zero-order valence-electron chi connectivity index (χ0n) is 20.8. The molecule has 2 aromatic rings. The predicted octanol–water partition coefficient (Wildman–Crippen LogP) is 5.52. The predicted molar refractivity (Wildman–Crippen MR) is 133 cm³/mol. The number of hydrogen-bond donors (Lipinski definition) is 1. The molecule has 2 aliphatic rings. The Kier molecular flexibility index (Phi) is 6.17. The minimum absolute atomic E-state index is 0.0259. The Balaban J connectivity index is 1.65. The second kappa shape index (κ2) is 8.56. The highest BCUT2D eigenvalue weighted by Crippen LogP contribution is 2.46. The number of nitrogens with one attached hydrogen (secondary N) is 1. The highest BCUT2D eigenvalue weighted by atomic mass is 32.2. The van der Waals surface area contributed by atoms with Crippen molar-refractivity contribution in [1.29, 1.82) is 0 Å². The summed E-state index contributed by atoms with van der Waals surface area (Å²) in [6.45, 7) is 11.2. The number of hydrogen-bond acceptors (Lipinski definition) is 5. The number of rotatable bonds is 7. The standard InChI is InChI=1S/C28H35NO4S/c1-6-7-18-33-25(30)28(16-17-29-28)20-8-10-21(11-9-20)34(31,32)22-12-13-23-24(19-22)27(4,5)15-14-26(23,2)3/h8-13,16-17,19,29H,6-7,14-15,18H2,1-5H3. The molecule has 4 rings (SSSR count). The van der Waals surface area contributed by atoms with Crippen LogP contribution in [0.2, 0.25) is 0 Å². The third-order valence-corrected chi connectivity index (χ3v) is 9.22. The van der Waals surface area contributed by atoms with E-state index in [0.29, 0.717) is 17.1 Å². The van der Waals surface area contributed by atoms with Crippen molar-refractivity contribution in [2.45, 2.75) is 86.5 Å². The lowest BCUT2D eigenvalue weighted by Gasteiger charge is -2.42. The van der Waals surface area contributed by atoms with Crippen LogP contribution >= 0.6 is 0 Å². The molecule has 2 aromatic carbocycles. The van der Waals surface area contributed by atoms with Crippen LogP contribution in [0.4, 0.5) is 0 Å². The normalized spacial score (nSPS) is 22.3. The number of benzene rings is 2. The lowest BCUT2D eigenvalue weighted by Crippen LogP contribution is -2.51. The maximum atomic E-state index is 13.5. The Labute approximate surface area is 203 Å². The highest BCUT2D eigenvalue weighted by molar-refractivity contribution is 7.91. The molecule has 0 bridgehead atoms. The van der Waals surface area contributed by atoms with E-state index in [1.807, 2.05) is 19.1 Å². The van der Waals surface area contributed by atoms with Crippen molar-refractivity contribution < 1.29 is 17.9 Å². The summed E-state index contributed by atoms with van der Waals surface area (Å²) in [5.41, 5.74) is 1.88. The molecule has 182 valence electrons. The van der Waals surface area contributed by atoms with Crippen molar-refractivity contribution in [2.75, 3.05) is 6.61 Å². The van der Waals surface area contributed by atoms with Gasteiger partial charge >= 0.3 is 5.97 Å². The molecule has 1 heterocycles. The Morgan fingerprint density at radius 1 is 0.941 bits per heavy atom. The lowest BCUT2D eigenvalue weighted by atomic mass is 9.63. The molecule has 0 amide bonds. The maximum absolute atomic E-state index is 13.5. The molecule has 1 unspecified atom stereocenters.